The van der Waals surface area contributed by atoms with Crippen LogP contribution in [0.2, 0.25) is 6.04 Å². The van der Waals surface area contributed by atoms with E-state index in [0.29, 0.717) is 23.0 Å². The van der Waals surface area contributed by atoms with Crippen LogP contribution in [0.15, 0.2) is 0 Å². The standard InChI is InChI=1S/C10H22O3SSi/c1-3-6-11-10(12-7-4-2)13-15-9-5-8-14/h10,14H,3-9H2,1-2H3. The predicted molar refractivity (Wildman–Crippen MR) is 66.4 cm³/mol. The van der Waals surface area contributed by atoms with Crippen molar-refractivity contribution in [3.8, 4) is 0 Å². The van der Waals surface area contributed by atoms with E-state index in [1.54, 1.807) is 0 Å². The summed E-state index contributed by atoms with van der Waals surface area (Å²) in [5.74, 6) is 0.909. The van der Waals surface area contributed by atoms with Crippen molar-refractivity contribution in [2.24, 2.45) is 0 Å². The van der Waals surface area contributed by atoms with Crippen LogP contribution >= 0.6 is 12.6 Å². The Morgan fingerprint density at radius 3 is 2.20 bits per heavy atom. The zero-order chi connectivity index (χ0) is 11.4. The van der Waals surface area contributed by atoms with E-state index < -0.39 is 6.48 Å². The molecular weight excluding hydrogens is 228 g/mol. The lowest BCUT2D eigenvalue weighted by atomic mass is 10.5. The predicted octanol–water partition coefficient (Wildman–Crippen LogP) is 2.50. The number of hydrogen-bond acceptors (Lipinski definition) is 4. The van der Waals surface area contributed by atoms with E-state index >= 15 is 0 Å². The molecule has 0 fully saturated rings. The van der Waals surface area contributed by atoms with Crippen LogP contribution in [0.25, 0.3) is 0 Å². The zero-order valence-electron chi connectivity index (χ0n) is 9.70. The highest BCUT2D eigenvalue weighted by molar-refractivity contribution is 7.80. The fraction of sp³-hybridized carbons (Fsp3) is 1.00. The molecule has 0 heterocycles. The summed E-state index contributed by atoms with van der Waals surface area (Å²) in [6, 6.07) is 1.03. The number of ether oxygens (including phenoxy) is 2. The Balaban J connectivity index is 3.49. The molecule has 0 aromatic heterocycles. The molecule has 0 N–H and O–H groups in total. The Kier molecular flexibility index (Phi) is 12.9. The Labute approximate surface area is 101 Å². The van der Waals surface area contributed by atoms with Crippen molar-refractivity contribution in [2.75, 3.05) is 19.0 Å². The Bertz CT molecular complexity index is 119. The highest BCUT2D eigenvalue weighted by atomic mass is 32.1. The number of thiol groups is 1. The first-order chi connectivity index (χ1) is 7.35. The van der Waals surface area contributed by atoms with Gasteiger partial charge in [0.05, 0.1) is 13.2 Å². The van der Waals surface area contributed by atoms with Gasteiger partial charge in [0.2, 0.25) is 9.76 Å². The van der Waals surface area contributed by atoms with E-state index in [1.807, 2.05) is 0 Å². The molecule has 0 aromatic carbocycles. The van der Waals surface area contributed by atoms with Crippen molar-refractivity contribution in [1.29, 1.82) is 0 Å². The summed E-state index contributed by atoms with van der Waals surface area (Å²) in [4.78, 5) is 0. The molecule has 0 unspecified atom stereocenters. The Morgan fingerprint density at radius 1 is 1.13 bits per heavy atom. The lowest BCUT2D eigenvalue weighted by Gasteiger charge is -2.17. The highest BCUT2D eigenvalue weighted by Gasteiger charge is 2.08. The summed E-state index contributed by atoms with van der Waals surface area (Å²) in [6.45, 7) is 5.04. The summed E-state index contributed by atoms with van der Waals surface area (Å²) >= 11 is 4.14. The fourth-order valence-corrected chi connectivity index (χ4v) is 1.99. The van der Waals surface area contributed by atoms with Gasteiger partial charge in [-0.2, -0.15) is 12.6 Å². The maximum Gasteiger partial charge on any atom is 0.261 e. The smallest absolute Gasteiger partial charge is 0.261 e. The lowest BCUT2D eigenvalue weighted by Crippen LogP contribution is -2.24. The SMILES string of the molecule is CCCOC(OCCC)O[Si]CCCS. The third-order valence-electron chi connectivity index (χ3n) is 1.53. The minimum Gasteiger partial charge on any atom is -0.372 e. The molecular formula is C10H22O3SSi. The molecule has 0 atom stereocenters. The van der Waals surface area contributed by atoms with Gasteiger partial charge in [-0.05, 0) is 31.1 Å². The molecule has 0 aliphatic carbocycles. The van der Waals surface area contributed by atoms with Crippen molar-refractivity contribution in [2.45, 2.75) is 45.6 Å². The van der Waals surface area contributed by atoms with Crippen molar-refractivity contribution in [3.63, 3.8) is 0 Å². The van der Waals surface area contributed by atoms with Gasteiger partial charge in [-0.3, -0.25) is 0 Å². The molecule has 0 saturated carbocycles. The molecule has 0 amide bonds. The summed E-state index contributed by atoms with van der Waals surface area (Å²) in [5, 5.41) is 0. The number of rotatable bonds is 11. The van der Waals surface area contributed by atoms with E-state index in [2.05, 4.69) is 26.5 Å². The third-order valence-corrected chi connectivity index (χ3v) is 2.77. The molecule has 0 aromatic rings. The van der Waals surface area contributed by atoms with Gasteiger partial charge >= 0.3 is 0 Å². The normalized spacial score (nSPS) is 11.2. The van der Waals surface area contributed by atoms with Crippen LogP contribution in [0.3, 0.4) is 0 Å². The van der Waals surface area contributed by atoms with Crippen LogP contribution in [-0.2, 0) is 13.9 Å². The quantitative estimate of drug-likeness (QED) is 0.264. The highest BCUT2D eigenvalue weighted by Crippen LogP contribution is 2.01. The largest absolute Gasteiger partial charge is 0.372 e. The van der Waals surface area contributed by atoms with E-state index in [-0.39, 0.29) is 0 Å². The fourth-order valence-electron chi connectivity index (χ4n) is 0.822. The van der Waals surface area contributed by atoms with Crippen LogP contribution in [0.1, 0.15) is 33.1 Å². The second-order valence-electron chi connectivity index (χ2n) is 3.12. The minimum absolute atomic E-state index is 0.443. The molecule has 90 valence electrons. The third kappa shape index (κ3) is 10.7. The summed E-state index contributed by atoms with van der Waals surface area (Å²) in [7, 11) is 0.443. The molecule has 0 aliphatic rings. The van der Waals surface area contributed by atoms with Gasteiger partial charge in [0.25, 0.3) is 6.48 Å². The second-order valence-corrected chi connectivity index (χ2v) is 4.59. The minimum atomic E-state index is -0.469. The van der Waals surface area contributed by atoms with Crippen molar-refractivity contribution < 1.29 is 13.9 Å². The Morgan fingerprint density at radius 2 is 1.73 bits per heavy atom. The monoisotopic (exact) mass is 250 g/mol. The molecule has 2 radical (unpaired) electrons. The first kappa shape index (κ1) is 15.4. The number of hydrogen-bond donors (Lipinski definition) is 1. The summed E-state index contributed by atoms with van der Waals surface area (Å²) in [6.07, 6.45) is 3.04. The van der Waals surface area contributed by atoms with Crippen molar-refractivity contribution >= 4 is 22.4 Å². The average molecular weight is 250 g/mol. The summed E-state index contributed by atoms with van der Waals surface area (Å²) in [5.41, 5.74) is 0. The van der Waals surface area contributed by atoms with Crippen molar-refractivity contribution in [1.82, 2.24) is 0 Å². The van der Waals surface area contributed by atoms with Crippen molar-refractivity contribution in [3.05, 3.63) is 0 Å². The average Bonchev–Trinajstić information content (AvgIpc) is 2.27. The Hall–Kier alpha value is 0.447. The second kappa shape index (κ2) is 12.5. The van der Waals surface area contributed by atoms with E-state index in [0.717, 1.165) is 31.1 Å². The van der Waals surface area contributed by atoms with Gasteiger partial charge in [-0.25, -0.2) is 0 Å². The molecule has 0 saturated heterocycles. The maximum atomic E-state index is 5.50. The molecule has 5 heteroatoms. The van der Waals surface area contributed by atoms with E-state index in [1.165, 1.54) is 0 Å². The molecule has 0 rings (SSSR count). The van der Waals surface area contributed by atoms with Gasteiger partial charge in [0.15, 0.2) is 0 Å². The maximum absolute atomic E-state index is 5.50. The van der Waals surface area contributed by atoms with Gasteiger partial charge in [0, 0.05) is 0 Å². The molecule has 0 bridgehead atoms. The zero-order valence-corrected chi connectivity index (χ0v) is 11.6. The first-order valence-electron chi connectivity index (χ1n) is 5.57. The van der Waals surface area contributed by atoms with Gasteiger partial charge in [-0.15, -0.1) is 0 Å². The van der Waals surface area contributed by atoms with Gasteiger partial charge in [-0.1, -0.05) is 13.8 Å². The van der Waals surface area contributed by atoms with Gasteiger partial charge in [0.1, 0.15) is 0 Å². The van der Waals surface area contributed by atoms with Crippen LogP contribution in [0.4, 0.5) is 0 Å². The van der Waals surface area contributed by atoms with Gasteiger partial charge < -0.3 is 13.9 Å². The van der Waals surface area contributed by atoms with Crippen LogP contribution in [-0.4, -0.2) is 35.2 Å². The molecule has 15 heavy (non-hydrogen) atoms. The summed E-state index contributed by atoms with van der Waals surface area (Å²) < 4.78 is 16.3. The van der Waals surface area contributed by atoms with E-state index in [9.17, 15) is 0 Å². The van der Waals surface area contributed by atoms with Crippen LogP contribution < -0.4 is 0 Å². The molecule has 0 spiro atoms. The molecule has 0 aliphatic heterocycles. The molecule has 3 nitrogen and oxygen atoms in total. The lowest BCUT2D eigenvalue weighted by molar-refractivity contribution is -0.247. The van der Waals surface area contributed by atoms with Crippen LogP contribution in [0.5, 0.6) is 0 Å². The topological polar surface area (TPSA) is 27.7 Å². The first-order valence-corrected chi connectivity index (χ1v) is 7.32. The van der Waals surface area contributed by atoms with Crippen LogP contribution in [0, 0.1) is 0 Å². The van der Waals surface area contributed by atoms with E-state index in [4.69, 9.17) is 13.9 Å².